The summed E-state index contributed by atoms with van der Waals surface area (Å²) >= 11 is 0. The van der Waals surface area contributed by atoms with Crippen molar-refractivity contribution in [2.24, 2.45) is 0 Å². The number of nitrogens with one attached hydrogen (secondary N) is 1. The lowest BCUT2D eigenvalue weighted by Crippen LogP contribution is -2.05. The minimum absolute atomic E-state index is 0.189. The second-order valence-electron chi connectivity index (χ2n) is 4.52. The van der Waals surface area contributed by atoms with Crippen LogP contribution in [0.4, 0.5) is 11.8 Å². The topological polar surface area (TPSA) is 73.1 Å². The van der Waals surface area contributed by atoms with Crippen molar-refractivity contribution in [3.05, 3.63) is 42.0 Å². The van der Waals surface area contributed by atoms with Crippen LogP contribution in [0.2, 0.25) is 0 Å². The van der Waals surface area contributed by atoms with Crippen molar-refractivity contribution in [2.75, 3.05) is 17.6 Å². The molecule has 110 valence electrons. The number of allylic oxidation sites excluding steroid dienone is 1. The molecule has 2 rings (SSSR count). The van der Waals surface area contributed by atoms with E-state index in [0.29, 0.717) is 11.7 Å². The van der Waals surface area contributed by atoms with Crippen molar-refractivity contribution in [3.63, 3.8) is 0 Å². The van der Waals surface area contributed by atoms with Gasteiger partial charge in [-0.25, -0.2) is 0 Å². The van der Waals surface area contributed by atoms with Crippen LogP contribution in [0.1, 0.15) is 25.8 Å². The third kappa shape index (κ3) is 4.21. The Morgan fingerprint density at radius 2 is 2.10 bits per heavy atom. The van der Waals surface area contributed by atoms with Gasteiger partial charge in [-0.05, 0) is 19.4 Å². The lowest BCUT2D eigenvalue weighted by molar-refractivity contribution is 0.462. The molecule has 0 aliphatic rings. The third-order valence-corrected chi connectivity index (χ3v) is 2.76. The highest BCUT2D eigenvalue weighted by Gasteiger charge is 2.06. The molecule has 0 aliphatic heterocycles. The van der Waals surface area contributed by atoms with Crippen LogP contribution in [0.25, 0.3) is 6.08 Å². The van der Waals surface area contributed by atoms with Crippen LogP contribution < -0.4 is 15.8 Å². The Labute approximate surface area is 124 Å². The zero-order chi connectivity index (χ0) is 15.1. The molecule has 0 unspecified atom stereocenters. The van der Waals surface area contributed by atoms with Crippen molar-refractivity contribution in [1.29, 1.82) is 0 Å². The summed E-state index contributed by atoms with van der Waals surface area (Å²) in [6.07, 6.45) is 4.95. The molecule has 5 heteroatoms. The number of anilines is 2. The number of nitrogens with two attached hydrogens (primary N) is 1. The van der Waals surface area contributed by atoms with Gasteiger partial charge in [0.25, 0.3) is 0 Å². The van der Waals surface area contributed by atoms with Crippen molar-refractivity contribution in [1.82, 2.24) is 9.97 Å². The molecule has 0 saturated carbocycles. The average molecular weight is 284 g/mol. The smallest absolute Gasteiger partial charge is 0.226 e. The van der Waals surface area contributed by atoms with E-state index in [1.54, 1.807) is 6.07 Å². The van der Waals surface area contributed by atoms with E-state index in [1.165, 1.54) is 0 Å². The third-order valence-electron chi connectivity index (χ3n) is 2.76. The van der Waals surface area contributed by atoms with Gasteiger partial charge in [0.15, 0.2) is 0 Å². The Bertz CT molecular complexity index is 625. The first-order chi connectivity index (χ1) is 10.2. The molecule has 0 bridgehead atoms. The molecular formula is C16H20N4O. The molecule has 1 aromatic heterocycles. The minimum atomic E-state index is 0.189. The molecule has 0 fully saturated rings. The maximum absolute atomic E-state index is 5.84. The average Bonchev–Trinajstić information content (AvgIpc) is 2.47. The SMILES string of the molecule is C/C=C/c1ccccc1Oc1cc(NCCC)nc(N)n1. The predicted octanol–water partition coefficient (Wildman–Crippen LogP) is 3.71. The number of aromatic nitrogens is 2. The van der Waals surface area contributed by atoms with Gasteiger partial charge in [-0.1, -0.05) is 37.3 Å². The lowest BCUT2D eigenvalue weighted by Gasteiger charge is -2.10. The zero-order valence-electron chi connectivity index (χ0n) is 12.3. The zero-order valence-corrected chi connectivity index (χ0v) is 12.3. The summed E-state index contributed by atoms with van der Waals surface area (Å²) in [6.45, 7) is 4.87. The number of nitrogens with zero attached hydrogens (tertiary/aromatic N) is 2. The molecule has 0 radical (unpaired) electrons. The van der Waals surface area contributed by atoms with E-state index in [0.717, 1.165) is 24.3 Å². The van der Waals surface area contributed by atoms with Crippen LogP contribution in [0.15, 0.2) is 36.4 Å². The van der Waals surface area contributed by atoms with Gasteiger partial charge in [0.2, 0.25) is 11.8 Å². The van der Waals surface area contributed by atoms with Crippen molar-refractivity contribution in [3.8, 4) is 11.6 Å². The van der Waals surface area contributed by atoms with E-state index in [-0.39, 0.29) is 5.95 Å². The van der Waals surface area contributed by atoms with Gasteiger partial charge < -0.3 is 15.8 Å². The van der Waals surface area contributed by atoms with Crippen LogP contribution in [0.5, 0.6) is 11.6 Å². The number of hydrogen-bond donors (Lipinski definition) is 2. The molecule has 0 saturated heterocycles. The largest absolute Gasteiger partial charge is 0.438 e. The number of ether oxygens (including phenoxy) is 1. The molecule has 1 aromatic carbocycles. The lowest BCUT2D eigenvalue weighted by atomic mass is 10.2. The van der Waals surface area contributed by atoms with E-state index in [4.69, 9.17) is 10.5 Å². The summed E-state index contributed by atoms with van der Waals surface area (Å²) in [5.74, 6) is 2.02. The first kappa shape index (κ1) is 14.8. The van der Waals surface area contributed by atoms with Gasteiger partial charge in [0.05, 0.1) is 0 Å². The summed E-state index contributed by atoms with van der Waals surface area (Å²) in [7, 11) is 0. The monoisotopic (exact) mass is 284 g/mol. The Morgan fingerprint density at radius 1 is 1.29 bits per heavy atom. The maximum Gasteiger partial charge on any atom is 0.226 e. The van der Waals surface area contributed by atoms with Crippen molar-refractivity contribution >= 4 is 17.8 Å². The van der Waals surface area contributed by atoms with Gasteiger partial charge in [-0.3, -0.25) is 0 Å². The standard InChI is InChI=1S/C16H20N4O/c1-3-7-12-8-5-6-9-13(12)21-15-11-14(18-10-4-2)19-16(17)20-15/h3,5-9,11H,4,10H2,1-2H3,(H3,17,18,19,20)/b7-3+. The number of rotatable bonds is 6. The fourth-order valence-corrected chi connectivity index (χ4v) is 1.84. The summed E-state index contributed by atoms with van der Waals surface area (Å²) in [5, 5.41) is 3.18. The highest BCUT2D eigenvalue weighted by molar-refractivity contribution is 5.58. The maximum atomic E-state index is 5.84. The van der Waals surface area contributed by atoms with Gasteiger partial charge >= 0.3 is 0 Å². The van der Waals surface area contributed by atoms with E-state index in [2.05, 4.69) is 22.2 Å². The molecular weight excluding hydrogens is 264 g/mol. The molecule has 21 heavy (non-hydrogen) atoms. The quantitative estimate of drug-likeness (QED) is 0.846. The molecule has 1 heterocycles. The number of hydrogen-bond acceptors (Lipinski definition) is 5. The molecule has 0 spiro atoms. The first-order valence-electron chi connectivity index (χ1n) is 7.01. The second kappa shape index (κ2) is 7.28. The Morgan fingerprint density at radius 3 is 2.86 bits per heavy atom. The Balaban J connectivity index is 2.25. The molecule has 3 N–H and O–H groups in total. The fourth-order valence-electron chi connectivity index (χ4n) is 1.84. The molecule has 0 aliphatic carbocycles. The van der Waals surface area contributed by atoms with Gasteiger partial charge in [-0.15, -0.1) is 0 Å². The van der Waals surface area contributed by atoms with Crippen LogP contribution in [-0.4, -0.2) is 16.5 Å². The summed E-state index contributed by atoms with van der Waals surface area (Å²) in [6, 6.07) is 9.51. The fraction of sp³-hybridized carbons (Fsp3) is 0.250. The van der Waals surface area contributed by atoms with Crippen LogP contribution in [0, 0.1) is 0 Å². The molecule has 5 nitrogen and oxygen atoms in total. The second-order valence-corrected chi connectivity index (χ2v) is 4.52. The number of para-hydroxylation sites is 1. The number of nitrogen functional groups attached to an aromatic ring is 1. The van der Waals surface area contributed by atoms with E-state index >= 15 is 0 Å². The molecule has 2 aromatic rings. The van der Waals surface area contributed by atoms with Crippen molar-refractivity contribution < 1.29 is 4.74 Å². The summed E-state index contributed by atoms with van der Waals surface area (Å²) < 4.78 is 5.84. The van der Waals surface area contributed by atoms with Crippen LogP contribution in [-0.2, 0) is 0 Å². The van der Waals surface area contributed by atoms with Crippen molar-refractivity contribution in [2.45, 2.75) is 20.3 Å². The normalized spacial score (nSPS) is 10.8. The van der Waals surface area contributed by atoms with Gasteiger partial charge in [-0.2, -0.15) is 9.97 Å². The Hall–Kier alpha value is -2.56. The van der Waals surface area contributed by atoms with Gasteiger partial charge in [0, 0.05) is 18.2 Å². The van der Waals surface area contributed by atoms with E-state index < -0.39 is 0 Å². The Kier molecular flexibility index (Phi) is 5.15. The van der Waals surface area contributed by atoms with Crippen LogP contribution in [0.3, 0.4) is 0 Å². The molecule has 0 atom stereocenters. The summed E-state index contributed by atoms with van der Waals surface area (Å²) in [4.78, 5) is 8.25. The van der Waals surface area contributed by atoms with Gasteiger partial charge in [0.1, 0.15) is 11.6 Å². The first-order valence-corrected chi connectivity index (χ1v) is 7.01. The van der Waals surface area contributed by atoms with E-state index in [9.17, 15) is 0 Å². The number of benzene rings is 1. The molecule has 0 amide bonds. The minimum Gasteiger partial charge on any atom is -0.438 e. The van der Waals surface area contributed by atoms with E-state index in [1.807, 2.05) is 43.3 Å². The highest BCUT2D eigenvalue weighted by atomic mass is 16.5. The summed E-state index contributed by atoms with van der Waals surface area (Å²) in [5.41, 5.74) is 6.71. The predicted molar refractivity (Wildman–Crippen MR) is 86.4 cm³/mol. The highest BCUT2D eigenvalue weighted by Crippen LogP contribution is 2.26. The van der Waals surface area contributed by atoms with Crippen LogP contribution >= 0.6 is 0 Å².